The summed E-state index contributed by atoms with van der Waals surface area (Å²) in [5, 5.41) is 3.92. The number of nitrogens with zero attached hydrogens (tertiary/aromatic N) is 5. The van der Waals surface area contributed by atoms with Crippen LogP contribution in [0.5, 0.6) is 0 Å². The maximum absolute atomic E-state index is 14.2. The molecule has 0 radical (unpaired) electrons. The Morgan fingerprint density at radius 1 is 1.18 bits per heavy atom. The van der Waals surface area contributed by atoms with Crippen molar-refractivity contribution in [2.75, 3.05) is 30.0 Å². The summed E-state index contributed by atoms with van der Waals surface area (Å²) in [5.74, 6) is -1.88. The second-order valence-corrected chi connectivity index (χ2v) is 12.5. The quantitative estimate of drug-likeness (QED) is 0.458. The summed E-state index contributed by atoms with van der Waals surface area (Å²) in [6.45, 7) is 2.60. The number of alkyl halides is 3. The molecular formula is C25H28F4N6O2S. The van der Waals surface area contributed by atoms with Crippen LogP contribution in [0.4, 0.5) is 28.9 Å². The van der Waals surface area contributed by atoms with Crippen molar-refractivity contribution in [3.05, 3.63) is 53.7 Å². The fraction of sp³-hybridized carbons (Fsp3) is 0.480. The molecule has 0 unspecified atom stereocenters. The highest BCUT2D eigenvalue weighted by Crippen LogP contribution is 2.42. The summed E-state index contributed by atoms with van der Waals surface area (Å²) >= 11 is 0. The van der Waals surface area contributed by atoms with Gasteiger partial charge >= 0.3 is 6.18 Å². The van der Waals surface area contributed by atoms with Crippen molar-refractivity contribution in [1.82, 2.24) is 19.5 Å². The third kappa shape index (κ3) is 4.83. The molecule has 5 rings (SSSR count). The van der Waals surface area contributed by atoms with Gasteiger partial charge in [0.15, 0.2) is 11.7 Å². The highest BCUT2D eigenvalue weighted by atomic mass is 32.2. The first-order valence-electron chi connectivity index (χ1n) is 12.3. The van der Waals surface area contributed by atoms with Gasteiger partial charge in [0.25, 0.3) is 0 Å². The summed E-state index contributed by atoms with van der Waals surface area (Å²) in [7, 11) is -1.61. The molecule has 3 aromatic rings. The van der Waals surface area contributed by atoms with E-state index in [2.05, 4.69) is 10.1 Å². The second kappa shape index (κ2) is 9.51. The van der Waals surface area contributed by atoms with E-state index >= 15 is 0 Å². The van der Waals surface area contributed by atoms with Gasteiger partial charge in [0.1, 0.15) is 0 Å². The van der Waals surface area contributed by atoms with Crippen LogP contribution in [0.15, 0.2) is 36.5 Å². The SMILES string of the molecule is C[C@H]1CCN(c2ccc([C@H](N(C)C(=O)C3CCS(=N)(=O)CC3)C(F)(F)F)cc2)c2cnc3cc(F)nn3c21. The van der Waals surface area contributed by atoms with Gasteiger partial charge in [0.2, 0.25) is 11.9 Å². The minimum atomic E-state index is -4.71. The number of carbonyl (C=O) groups excluding carboxylic acids is 1. The third-order valence-electron chi connectivity index (χ3n) is 7.52. The molecule has 4 heterocycles. The van der Waals surface area contributed by atoms with Crippen LogP contribution in [0.25, 0.3) is 5.65 Å². The first-order valence-corrected chi connectivity index (χ1v) is 14.2. The number of amides is 1. The van der Waals surface area contributed by atoms with Crippen LogP contribution in [-0.4, -0.2) is 60.9 Å². The first-order chi connectivity index (χ1) is 17.9. The van der Waals surface area contributed by atoms with Gasteiger partial charge in [-0.2, -0.15) is 17.6 Å². The summed E-state index contributed by atoms with van der Waals surface area (Å²) in [6, 6.07) is 4.99. The van der Waals surface area contributed by atoms with E-state index in [1.807, 2.05) is 11.8 Å². The minimum Gasteiger partial charge on any atom is -0.339 e. The van der Waals surface area contributed by atoms with E-state index in [9.17, 15) is 26.6 Å². The Morgan fingerprint density at radius 3 is 2.47 bits per heavy atom. The molecule has 0 bridgehead atoms. The lowest BCUT2D eigenvalue weighted by Crippen LogP contribution is -2.44. The summed E-state index contributed by atoms with van der Waals surface area (Å²) in [4.78, 5) is 19.9. The number of fused-ring (bicyclic) bond motifs is 3. The van der Waals surface area contributed by atoms with E-state index in [1.54, 1.807) is 18.3 Å². The van der Waals surface area contributed by atoms with E-state index in [1.165, 1.54) is 22.7 Å². The van der Waals surface area contributed by atoms with Crippen LogP contribution in [0, 0.1) is 16.6 Å². The van der Waals surface area contributed by atoms with E-state index in [-0.39, 0.29) is 35.8 Å². The molecule has 0 saturated carbocycles. The van der Waals surface area contributed by atoms with Crippen molar-refractivity contribution < 1.29 is 26.6 Å². The van der Waals surface area contributed by atoms with Crippen LogP contribution in [-0.2, 0) is 14.5 Å². The van der Waals surface area contributed by atoms with Gasteiger partial charge in [0, 0.05) is 58.4 Å². The molecule has 2 aliphatic heterocycles. The Morgan fingerprint density at radius 2 is 1.84 bits per heavy atom. The summed E-state index contributed by atoms with van der Waals surface area (Å²) < 4.78 is 77.5. The zero-order valence-electron chi connectivity index (χ0n) is 20.9. The first kappa shape index (κ1) is 26.4. The molecule has 1 aromatic carbocycles. The van der Waals surface area contributed by atoms with Crippen LogP contribution in [0.2, 0.25) is 0 Å². The van der Waals surface area contributed by atoms with Crippen LogP contribution < -0.4 is 4.90 Å². The van der Waals surface area contributed by atoms with Crippen LogP contribution >= 0.6 is 0 Å². The van der Waals surface area contributed by atoms with Crippen molar-refractivity contribution in [3.63, 3.8) is 0 Å². The molecule has 38 heavy (non-hydrogen) atoms. The zero-order chi connectivity index (χ0) is 27.4. The molecule has 2 aromatic heterocycles. The summed E-state index contributed by atoms with van der Waals surface area (Å²) in [5.41, 5.74) is 2.43. The molecule has 1 amide bonds. The van der Waals surface area contributed by atoms with Gasteiger partial charge in [-0.1, -0.05) is 19.1 Å². The second-order valence-electron chi connectivity index (χ2n) is 10.1. The molecule has 0 aliphatic carbocycles. The molecule has 0 spiro atoms. The molecule has 8 nitrogen and oxygen atoms in total. The number of anilines is 2. The molecule has 1 N–H and O–H groups in total. The lowest BCUT2D eigenvalue weighted by molar-refractivity contribution is -0.190. The number of nitrogens with one attached hydrogen (secondary N) is 1. The average Bonchev–Trinajstić information content (AvgIpc) is 3.24. The number of halogens is 4. The smallest absolute Gasteiger partial charge is 0.339 e. The number of rotatable bonds is 4. The Labute approximate surface area is 217 Å². The standard InChI is InChI=1S/C25H28F4N6O2S/c1-15-7-10-34(19-14-31-21-13-20(26)32-35(21)22(15)19)18-5-3-16(4-6-18)23(25(27,28)29)33(2)24(36)17-8-11-38(30,37)12-9-17/h3-6,13-15,17,23,30H,7-12H2,1-2H3/t15-,17?,23-,38?/m0/s1. The van der Waals surface area contributed by atoms with Gasteiger partial charge in [-0.15, -0.1) is 5.10 Å². The highest BCUT2D eigenvalue weighted by molar-refractivity contribution is 7.92. The fourth-order valence-corrected chi connectivity index (χ4v) is 7.01. The van der Waals surface area contributed by atoms with Gasteiger partial charge in [-0.05, 0) is 37.0 Å². The molecule has 204 valence electrons. The van der Waals surface area contributed by atoms with Gasteiger partial charge in [0.05, 0.1) is 17.6 Å². The lowest BCUT2D eigenvalue weighted by Gasteiger charge is -2.35. The third-order valence-corrected chi connectivity index (χ3v) is 9.31. The predicted octanol–water partition coefficient (Wildman–Crippen LogP) is 5.03. The number of aromatic nitrogens is 3. The molecular weight excluding hydrogens is 524 g/mol. The predicted molar refractivity (Wildman–Crippen MR) is 134 cm³/mol. The Hall–Kier alpha value is -3.22. The summed E-state index contributed by atoms with van der Waals surface area (Å²) in [6.07, 6.45) is -2.08. The average molecular weight is 553 g/mol. The van der Waals surface area contributed by atoms with Crippen molar-refractivity contribution >= 4 is 32.7 Å². The van der Waals surface area contributed by atoms with Crippen molar-refractivity contribution in [2.24, 2.45) is 5.92 Å². The molecule has 1 saturated heterocycles. The molecule has 2 aliphatic rings. The lowest BCUT2D eigenvalue weighted by atomic mass is 9.95. The largest absolute Gasteiger partial charge is 0.413 e. The van der Waals surface area contributed by atoms with E-state index in [4.69, 9.17) is 4.78 Å². The van der Waals surface area contributed by atoms with Crippen LogP contribution in [0.1, 0.15) is 49.4 Å². The number of hydrogen-bond acceptors (Lipinski definition) is 6. The van der Waals surface area contributed by atoms with Crippen LogP contribution in [0.3, 0.4) is 0 Å². The maximum Gasteiger partial charge on any atom is 0.413 e. The number of benzene rings is 1. The zero-order valence-corrected chi connectivity index (χ0v) is 21.7. The molecule has 1 fully saturated rings. The number of hydrogen-bond donors (Lipinski definition) is 1. The minimum absolute atomic E-state index is 0.0187. The normalized spacial score (nSPS) is 24.7. The monoisotopic (exact) mass is 552 g/mol. The van der Waals surface area contributed by atoms with E-state index in [0.717, 1.165) is 24.1 Å². The van der Waals surface area contributed by atoms with Gasteiger partial charge < -0.3 is 9.80 Å². The number of carbonyl (C=O) groups is 1. The van der Waals surface area contributed by atoms with Gasteiger partial charge in [-0.3, -0.25) is 9.57 Å². The van der Waals surface area contributed by atoms with E-state index < -0.39 is 39.7 Å². The maximum atomic E-state index is 14.2. The highest BCUT2D eigenvalue weighted by Gasteiger charge is 2.46. The van der Waals surface area contributed by atoms with Crippen molar-refractivity contribution in [3.8, 4) is 0 Å². The molecule has 2 atom stereocenters. The Balaban J connectivity index is 1.43. The Bertz CT molecular complexity index is 1460. The van der Waals surface area contributed by atoms with E-state index in [0.29, 0.717) is 23.6 Å². The van der Waals surface area contributed by atoms with Crippen molar-refractivity contribution in [2.45, 2.75) is 44.3 Å². The molecule has 13 heteroatoms. The van der Waals surface area contributed by atoms with Crippen molar-refractivity contribution in [1.29, 1.82) is 4.78 Å². The topological polar surface area (TPSA) is 94.7 Å². The van der Waals surface area contributed by atoms with Gasteiger partial charge in [-0.25, -0.2) is 13.7 Å². The Kier molecular flexibility index (Phi) is 6.60. The fourth-order valence-electron chi connectivity index (χ4n) is 5.47.